The summed E-state index contributed by atoms with van der Waals surface area (Å²) in [6, 6.07) is 7.40. The predicted molar refractivity (Wildman–Crippen MR) is 92.5 cm³/mol. The summed E-state index contributed by atoms with van der Waals surface area (Å²) in [6.45, 7) is 2.80. The molecular weight excluding hydrogens is 356 g/mol. The fourth-order valence-corrected chi connectivity index (χ4v) is 2.60. The van der Waals surface area contributed by atoms with E-state index in [1.165, 1.54) is 0 Å². The molecule has 23 heavy (non-hydrogen) atoms. The predicted octanol–water partition coefficient (Wildman–Crippen LogP) is 3.75. The van der Waals surface area contributed by atoms with Gasteiger partial charge in [-0.3, -0.25) is 9.48 Å². The molecule has 2 heterocycles. The molecule has 5 nitrogen and oxygen atoms in total. The van der Waals surface area contributed by atoms with Crippen LogP contribution >= 0.6 is 15.9 Å². The van der Waals surface area contributed by atoms with E-state index < -0.39 is 0 Å². The van der Waals surface area contributed by atoms with Crippen molar-refractivity contribution in [3.05, 3.63) is 71.0 Å². The van der Waals surface area contributed by atoms with Gasteiger partial charge in [-0.15, -0.1) is 0 Å². The number of aromatic nitrogens is 4. The molecule has 0 aliphatic rings. The van der Waals surface area contributed by atoms with Gasteiger partial charge >= 0.3 is 0 Å². The van der Waals surface area contributed by atoms with E-state index in [1.807, 2.05) is 52.8 Å². The van der Waals surface area contributed by atoms with Gasteiger partial charge in [-0.05, 0) is 59.3 Å². The van der Waals surface area contributed by atoms with Crippen LogP contribution in [0.1, 0.15) is 23.0 Å². The van der Waals surface area contributed by atoms with Gasteiger partial charge < -0.3 is 4.57 Å². The maximum Gasteiger partial charge on any atom is 0.185 e. The van der Waals surface area contributed by atoms with Crippen LogP contribution in [0, 0.1) is 0 Å². The number of hydrogen-bond acceptors (Lipinski definition) is 3. The molecule has 3 aromatic rings. The average Bonchev–Trinajstić information content (AvgIpc) is 3.22. The number of halogens is 1. The largest absolute Gasteiger partial charge is 0.306 e. The second kappa shape index (κ2) is 6.75. The van der Waals surface area contributed by atoms with E-state index in [1.54, 1.807) is 24.7 Å². The summed E-state index contributed by atoms with van der Waals surface area (Å²) >= 11 is 3.44. The summed E-state index contributed by atoms with van der Waals surface area (Å²) in [5.74, 6) is -0.0554. The Kier molecular flexibility index (Phi) is 4.52. The Morgan fingerprint density at radius 2 is 2.09 bits per heavy atom. The lowest BCUT2D eigenvalue weighted by Gasteiger charge is -2.02. The van der Waals surface area contributed by atoms with Crippen LogP contribution in [-0.4, -0.2) is 25.1 Å². The van der Waals surface area contributed by atoms with Crippen LogP contribution in [0.25, 0.3) is 11.8 Å². The standard InChI is InChI=1S/C17H15BrN4O/c1-2-22-11-15(18)16(20-22)7-8-17(23)13-3-5-14(6-4-13)21-10-9-19-12-21/h3-12H,2H2,1H3/b8-7+. The Morgan fingerprint density at radius 1 is 1.30 bits per heavy atom. The Bertz CT molecular complexity index is 832. The highest BCUT2D eigenvalue weighted by Gasteiger charge is 2.05. The third-order valence-electron chi connectivity index (χ3n) is 3.41. The van der Waals surface area contributed by atoms with Crippen molar-refractivity contribution >= 4 is 27.8 Å². The molecule has 0 saturated heterocycles. The van der Waals surface area contributed by atoms with Gasteiger partial charge in [0.1, 0.15) is 0 Å². The van der Waals surface area contributed by atoms with Crippen molar-refractivity contribution in [2.75, 3.05) is 0 Å². The second-order valence-corrected chi connectivity index (χ2v) is 5.79. The van der Waals surface area contributed by atoms with E-state index >= 15 is 0 Å². The minimum absolute atomic E-state index is 0.0554. The van der Waals surface area contributed by atoms with Gasteiger partial charge in [-0.25, -0.2) is 4.98 Å². The Balaban J connectivity index is 1.75. The SMILES string of the molecule is CCn1cc(Br)c(/C=C/C(=O)c2ccc(-n3ccnc3)cc2)n1. The first-order chi connectivity index (χ1) is 11.2. The molecule has 0 aliphatic carbocycles. The monoisotopic (exact) mass is 370 g/mol. The van der Waals surface area contributed by atoms with Gasteiger partial charge in [-0.1, -0.05) is 0 Å². The van der Waals surface area contributed by atoms with Gasteiger partial charge in [0, 0.05) is 36.4 Å². The molecular formula is C17H15BrN4O. The van der Waals surface area contributed by atoms with E-state index in [9.17, 15) is 4.79 Å². The van der Waals surface area contributed by atoms with Crippen molar-refractivity contribution in [3.8, 4) is 5.69 Å². The van der Waals surface area contributed by atoms with E-state index in [4.69, 9.17) is 0 Å². The highest BCUT2D eigenvalue weighted by atomic mass is 79.9. The first-order valence-corrected chi connectivity index (χ1v) is 8.00. The molecule has 0 saturated carbocycles. The summed E-state index contributed by atoms with van der Waals surface area (Å²) in [5.41, 5.74) is 2.35. The fraction of sp³-hybridized carbons (Fsp3) is 0.118. The number of imidazole rings is 1. The molecule has 0 N–H and O–H groups in total. The van der Waals surface area contributed by atoms with Crippen molar-refractivity contribution < 1.29 is 4.79 Å². The van der Waals surface area contributed by atoms with E-state index in [0.717, 1.165) is 22.4 Å². The Labute approximate surface area is 142 Å². The summed E-state index contributed by atoms with van der Waals surface area (Å²) < 4.78 is 4.58. The third kappa shape index (κ3) is 3.48. The van der Waals surface area contributed by atoms with E-state index in [-0.39, 0.29) is 5.78 Å². The van der Waals surface area contributed by atoms with E-state index in [2.05, 4.69) is 26.0 Å². The van der Waals surface area contributed by atoms with E-state index in [0.29, 0.717) is 5.56 Å². The highest BCUT2D eigenvalue weighted by molar-refractivity contribution is 9.10. The zero-order chi connectivity index (χ0) is 16.2. The summed E-state index contributed by atoms with van der Waals surface area (Å²) in [4.78, 5) is 16.3. The van der Waals surface area contributed by atoms with Crippen LogP contribution < -0.4 is 0 Å². The quantitative estimate of drug-likeness (QED) is 0.507. The number of carbonyl (C=O) groups is 1. The van der Waals surface area contributed by atoms with Crippen molar-refractivity contribution in [1.29, 1.82) is 0 Å². The molecule has 0 bridgehead atoms. The van der Waals surface area contributed by atoms with Crippen molar-refractivity contribution in [2.45, 2.75) is 13.5 Å². The maximum atomic E-state index is 12.2. The highest BCUT2D eigenvalue weighted by Crippen LogP contribution is 2.17. The summed E-state index contributed by atoms with van der Waals surface area (Å²) in [5, 5.41) is 4.36. The van der Waals surface area contributed by atoms with Gasteiger partial charge in [0.25, 0.3) is 0 Å². The maximum absolute atomic E-state index is 12.2. The second-order valence-electron chi connectivity index (χ2n) is 4.93. The number of rotatable bonds is 5. The number of allylic oxidation sites excluding steroid dienone is 1. The number of aryl methyl sites for hydroxylation is 1. The third-order valence-corrected chi connectivity index (χ3v) is 4.03. The van der Waals surface area contributed by atoms with Crippen LogP contribution in [0.5, 0.6) is 0 Å². The Morgan fingerprint density at radius 3 is 2.70 bits per heavy atom. The molecule has 0 amide bonds. The van der Waals surface area contributed by atoms with Crippen molar-refractivity contribution in [3.63, 3.8) is 0 Å². The fourth-order valence-electron chi connectivity index (χ4n) is 2.15. The van der Waals surface area contributed by atoms with Crippen LogP contribution in [0.2, 0.25) is 0 Å². The van der Waals surface area contributed by atoms with Crippen LogP contribution in [0.15, 0.2) is 59.7 Å². The number of benzene rings is 1. The first kappa shape index (κ1) is 15.4. The molecule has 0 unspecified atom stereocenters. The van der Waals surface area contributed by atoms with Gasteiger partial charge in [0.2, 0.25) is 0 Å². The van der Waals surface area contributed by atoms with Crippen molar-refractivity contribution in [2.24, 2.45) is 0 Å². The molecule has 0 aliphatic heterocycles. The van der Waals surface area contributed by atoms with Crippen LogP contribution in [0.4, 0.5) is 0 Å². The van der Waals surface area contributed by atoms with Crippen molar-refractivity contribution in [1.82, 2.24) is 19.3 Å². The smallest absolute Gasteiger partial charge is 0.185 e. The average molecular weight is 371 g/mol. The zero-order valence-corrected chi connectivity index (χ0v) is 14.1. The number of hydrogen-bond donors (Lipinski definition) is 0. The summed E-state index contributed by atoms with van der Waals surface area (Å²) in [7, 11) is 0. The van der Waals surface area contributed by atoms with Crippen LogP contribution in [-0.2, 0) is 6.54 Å². The molecule has 3 rings (SSSR count). The lowest BCUT2D eigenvalue weighted by atomic mass is 10.1. The van der Waals surface area contributed by atoms with Crippen LogP contribution in [0.3, 0.4) is 0 Å². The molecule has 0 atom stereocenters. The Hall–Kier alpha value is -2.47. The number of ketones is 1. The first-order valence-electron chi connectivity index (χ1n) is 7.21. The topological polar surface area (TPSA) is 52.7 Å². The molecule has 0 radical (unpaired) electrons. The lowest BCUT2D eigenvalue weighted by molar-refractivity contribution is 0.104. The molecule has 0 spiro atoms. The van der Waals surface area contributed by atoms with Gasteiger partial charge in [0.15, 0.2) is 5.78 Å². The lowest BCUT2D eigenvalue weighted by Crippen LogP contribution is -1.96. The molecule has 116 valence electrons. The molecule has 2 aromatic heterocycles. The van der Waals surface area contributed by atoms with Gasteiger partial charge in [-0.2, -0.15) is 5.10 Å². The van der Waals surface area contributed by atoms with Gasteiger partial charge in [0.05, 0.1) is 16.5 Å². The number of nitrogens with zero attached hydrogens (tertiary/aromatic N) is 4. The minimum atomic E-state index is -0.0554. The minimum Gasteiger partial charge on any atom is -0.306 e. The molecule has 1 aromatic carbocycles. The zero-order valence-electron chi connectivity index (χ0n) is 12.6. The summed E-state index contributed by atoms with van der Waals surface area (Å²) in [6.07, 6.45) is 10.5. The normalized spacial score (nSPS) is 11.2. The number of carbonyl (C=O) groups excluding carboxylic acids is 1. The molecule has 6 heteroatoms. The molecule has 0 fully saturated rings.